The maximum absolute atomic E-state index is 12.9. The van der Waals surface area contributed by atoms with Crippen LogP contribution in [0.1, 0.15) is 31.4 Å². The molecule has 0 saturated carbocycles. The molecule has 0 spiro atoms. The molecule has 1 aromatic carbocycles. The summed E-state index contributed by atoms with van der Waals surface area (Å²) in [6.45, 7) is 3.85. The van der Waals surface area contributed by atoms with Crippen LogP contribution in [0.5, 0.6) is 0 Å². The third kappa shape index (κ3) is 3.02. The van der Waals surface area contributed by atoms with E-state index in [1.807, 2.05) is 24.3 Å². The summed E-state index contributed by atoms with van der Waals surface area (Å²) in [6, 6.07) is 6.38. The molecule has 6 amide bonds. The second kappa shape index (κ2) is 6.78. The molecule has 2 saturated heterocycles. The number of urea groups is 2. The Morgan fingerprint density at radius 2 is 1.85 bits per heavy atom. The van der Waals surface area contributed by atoms with Crippen LogP contribution in [-0.2, 0) is 21.5 Å². The highest BCUT2D eigenvalue weighted by molar-refractivity contribution is 6.10. The first-order valence-electron chi connectivity index (χ1n) is 8.68. The molecule has 0 bridgehead atoms. The summed E-state index contributed by atoms with van der Waals surface area (Å²) in [4.78, 5) is 50.9. The van der Waals surface area contributed by atoms with Crippen LogP contribution in [-0.4, -0.2) is 53.3 Å². The van der Waals surface area contributed by atoms with E-state index in [-0.39, 0.29) is 6.54 Å². The highest BCUT2D eigenvalue weighted by atomic mass is 16.2. The second-order valence-electron chi connectivity index (χ2n) is 6.67. The summed E-state index contributed by atoms with van der Waals surface area (Å²) in [5, 5.41) is 5.19. The van der Waals surface area contributed by atoms with Crippen molar-refractivity contribution >= 4 is 23.9 Å². The topological polar surface area (TPSA) is 98.8 Å². The zero-order valence-corrected chi connectivity index (χ0v) is 14.9. The van der Waals surface area contributed by atoms with Gasteiger partial charge in [0.1, 0.15) is 12.1 Å². The number of carbonyl (C=O) groups is 4. The van der Waals surface area contributed by atoms with Crippen LogP contribution >= 0.6 is 0 Å². The van der Waals surface area contributed by atoms with Gasteiger partial charge in [-0.3, -0.25) is 19.4 Å². The van der Waals surface area contributed by atoms with E-state index < -0.39 is 36.0 Å². The Kier molecular flexibility index (Phi) is 4.67. The molecule has 1 atom stereocenters. The van der Waals surface area contributed by atoms with Gasteiger partial charge in [0.25, 0.3) is 11.8 Å². The summed E-state index contributed by atoms with van der Waals surface area (Å²) >= 11 is 0. The lowest BCUT2D eigenvalue weighted by Crippen LogP contribution is -2.45. The molecule has 3 rings (SSSR count). The number of benzene rings is 1. The minimum absolute atomic E-state index is 0.234. The maximum Gasteiger partial charge on any atom is 0.325 e. The van der Waals surface area contributed by atoms with Gasteiger partial charge >= 0.3 is 12.1 Å². The average Bonchev–Trinajstić information content (AvgIpc) is 3.13. The molecule has 0 aromatic heterocycles. The molecule has 0 radical (unpaired) electrons. The number of imide groups is 2. The lowest BCUT2D eigenvalue weighted by Gasteiger charge is -2.23. The van der Waals surface area contributed by atoms with Gasteiger partial charge in [-0.05, 0) is 24.5 Å². The lowest BCUT2D eigenvalue weighted by molar-refractivity contribution is -0.137. The molecular weight excluding hydrogens is 336 g/mol. The Hall–Kier alpha value is -2.90. The Labute approximate surface area is 151 Å². The van der Waals surface area contributed by atoms with Crippen molar-refractivity contribution in [3.63, 3.8) is 0 Å². The number of rotatable bonds is 5. The molecule has 2 aliphatic rings. The molecule has 8 nitrogen and oxygen atoms in total. The van der Waals surface area contributed by atoms with E-state index >= 15 is 0 Å². The lowest BCUT2D eigenvalue weighted by atomic mass is 9.91. The Bertz CT molecular complexity index is 761. The predicted molar refractivity (Wildman–Crippen MR) is 93.1 cm³/mol. The monoisotopic (exact) mass is 358 g/mol. The molecule has 0 unspecified atom stereocenters. The SMILES string of the molecule is CCCc1ccc([C@@]2(C)NC(=O)N(CC(=O)N3CCNC3=O)C2=O)cc1. The Balaban J connectivity index is 1.77. The second-order valence-corrected chi connectivity index (χ2v) is 6.67. The fourth-order valence-corrected chi connectivity index (χ4v) is 3.26. The molecule has 0 aliphatic carbocycles. The van der Waals surface area contributed by atoms with Crippen LogP contribution in [0.25, 0.3) is 0 Å². The van der Waals surface area contributed by atoms with E-state index in [1.165, 1.54) is 0 Å². The number of nitrogens with one attached hydrogen (secondary N) is 2. The van der Waals surface area contributed by atoms with Crippen molar-refractivity contribution in [2.75, 3.05) is 19.6 Å². The van der Waals surface area contributed by atoms with Gasteiger partial charge in [0.15, 0.2) is 0 Å². The van der Waals surface area contributed by atoms with Crippen molar-refractivity contribution in [2.24, 2.45) is 0 Å². The number of aryl methyl sites for hydroxylation is 1. The van der Waals surface area contributed by atoms with Crippen LogP contribution in [0.2, 0.25) is 0 Å². The number of amides is 6. The highest BCUT2D eigenvalue weighted by Gasteiger charge is 2.50. The smallest absolute Gasteiger partial charge is 0.325 e. The largest absolute Gasteiger partial charge is 0.336 e. The number of hydrogen-bond donors (Lipinski definition) is 2. The molecule has 2 N–H and O–H groups in total. The normalized spacial score (nSPS) is 22.6. The van der Waals surface area contributed by atoms with E-state index in [4.69, 9.17) is 0 Å². The van der Waals surface area contributed by atoms with Gasteiger partial charge < -0.3 is 10.6 Å². The number of hydrogen-bond acceptors (Lipinski definition) is 4. The third-order valence-electron chi connectivity index (χ3n) is 4.80. The van der Waals surface area contributed by atoms with Gasteiger partial charge in [0.05, 0.1) is 0 Å². The number of carbonyl (C=O) groups excluding carboxylic acids is 4. The quantitative estimate of drug-likeness (QED) is 0.766. The van der Waals surface area contributed by atoms with Crippen LogP contribution in [0.3, 0.4) is 0 Å². The van der Waals surface area contributed by atoms with Crippen LogP contribution in [0.15, 0.2) is 24.3 Å². The molecule has 2 fully saturated rings. The van der Waals surface area contributed by atoms with Crippen molar-refractivity contribution in [3.05, 3.63) is 35.4 Å². The minimum atomic E-state index is -1.23. The van der Waals surface area contributed by atoms with Gasteiger partial charge in [-0.25, -0.2) is 9.59 Å². The van der Waals surface area contributed by atoms with Crippen molar-refractivity contribution < 1.29 is 19.2 Å². The Morgan fingerprint density at radius 3 is 2.42 bits per heavy atom. The van der Waals surface area contributed by atoms with Crippen LogP contribution < -0.4 is 10.6 Å². The molecule has 26 heavy (non-hydrogen) atoms. The van der Waals surface area contributed by atoms with Crippen LogP contribution in [0, 0.1) is 0 Å². The minimum Gasteiger partial charge on any atom is -0.336 e. The van der Waals surface area contributed by atoms with E-state index in [0.29, 0.717) is 12.1 Å². The third-order valence-corrected chi connectivity index (χ3v) is 4.80. The fourth-order valence-electron chi connectivity index (χ4n) is 3.26. The summed E-state index contributed by atoms with van der Waals surface area (Å²) in [5.74, 6) is -1.08. The van der Waals surface area contributed by atoms with Crippen molar-refractivity contribution in [1.29, 1.82) is 0 Å². The zero-order valence-electron chi connectivity index (χ0n) is 14.9. The van der Waals surface area contributed by atoms with E-state index in [0.717, 1.165) is 28.2 Å². The summed E-state index contributed by atoms with van der Waals surface area (Å²) in [6.07, 6.45) is 1.96. The van der Waals surface area contributed by atoms with E-state index in [1.54, 1.807) is 6.92 Å². The summed E-state index contributed by atoms with van der Waals surface area (Å²) in [7, 11) is 0. The fraction of sp³-hybridized carbons (Fsp3) is 0.444. The van der Waals surface area contributed by atoms with E-state index in [2.05, 4.69) is 17.6 Å². The summed E-state index contributed by atoms with van der Waals surface area (Å²) < 4.78 is 0. The maximum atomic E-state index is 12.9. The van der Waals surface area contributed by atoms with Gasteiger partial charge in [-0.2, -0.15) is 0 Å². The van der Waals surface area contributed by atoms with E-state index in [9.17, 15) is 19.2 Å². The molecular formula is C18H22N4O4. The Morgan fingerprint density at radius 1 is 1.15 bits per heavy atom. The molecule has 2 aliphatic heterocycles. The molecule has 1 aromatic rings. The van der Waals surface area contributed by atoms with Crippen LogP contribution in [0.4, 0.5) is 9.59 Å². The van der Waals surface area contributed by atoms with Gasteiger partial charge in [-0.15, -0.1) is 0 Å². The van der Waals surface area contributed by atoms with Crippen molar-refractivity contribution in [3.8, 4) is 0 Å². The molecule has 2 heterocycles. The van der Waals surface area contributed by atoms with Gasteiger partial charge in [0, 0.05) is 13.1 Å². The first-order chi connectivity index (χ1) is 12.4. The average molecular weight is 358 g/mol. The standard InChI is InChI=1S/C18H22N4O4/c1-3-4-12-5-7-13(8-6-12)18(2)15(24)22(17(26)20-18)11-14(23)21-10-9-19-16(21)25/h5-8H,3-4,9-11H2,1-2H3,(H,19,25)(H,20,26)/t18-/m1/s1. The van der Waals surface area contributed by atoms with Gasteiger partial charge in [-0.1, -0.05) is 37.6 Å². The van der Waals surface area contributed by atoms with Gasteiger partial charge in [0.2, 0.25) is 0 Å². The van der Waals surface area contributed by atoms with Crippen molar-refractivity contribution in [1.82, 2.24) is 20.4 Å². The highest BCUT2D eigenvalue weighted by Crippen LogP contribution is 2.29. The first-order valence-corrected chi connectivity index (χ1v) is 8.68. The number of nitrogens with zero attached hydrogens (tertiary/aromatic N) is 2. The predicted octanol–water partition coefficient (Wildman–Crippen LogP) is 0.958. The van der Waals surface area contributed by atoms with Crippen molar-refractivity contribution in [2.45, 2.75) is 32.2 Å². The summed E-state index contributed by atoms with van der Waals surface area (Å²) in [5.41, 5.74) is 0.586. The zero-order chi connectivity index (χ0) is 18.9. The molecule has 8 heteroatoms. The molecule has 138 valence electrons. The first kappa shape index (κ1) is 17.9.